The van der Waals surface area contributed by atoms with Crippen LogP contribution in [0, 0.1) is 0 Å². The molecule has 0 aromatic heterocycles. The Morgan fingerprint density at radius 1 is 0.767 bits per heavy atom. The normalized spacial score (nSPS) is 11.5. The van der Waals surface area contributed by atoms with E-state index in [2.05, 4.69) is 10.2 Å². The van der Waals surface area contributed by atoms with E-state index in [0.29, 0.717) is 22.0 Å². The zero-order valence-corrected chi connectivity index (χ0v) is 18.9. The summed E-state index contributed by atoms with van der Waals surface area (Å²) in [4.78, 5) is -0.307. The van der Waals surface area contributed by atoms with Gasteiger partial charge in [-0.25, -0.2) is 8.42 Å². The number of rotatable bonds is 4. The topological polar surface area (TPSA) is 102 Å². The average Bonchev–Trinajstić information content (AvgIpc) is 2.72. The predicted molar refractivity (Wildman–Crippen MR) is 110 cm³/mol. The Morgan fingerprint density at radius 3 is 2.03 bits per heavy atom. The first-order valence-electron chi connectivity index (χ1n) is 8.71. The monoisotopic (exact) mass is 426 g/mol. The number of hydrogen-bond donors (Lipinski definition) is 1. The largest absolute Gasteiger partial charge is 1.00 e. The minimum atomic E-state index is -4.55. The standard InChI is InChI=1S/C22H16N2O4S.Na/c25-21-13-8-16-14-19(29(26,27)28)11-12-20(16)22(21)15-6-9-18(10-7-15)24-23-17-4-2-1-3-5-17;/h1-14,25H,(H,26,27,28);/q;+1/p-1/b24-23+;. The third kappa shape index (κ3) is 4.77. The summed E-state index contributed by atoms with van der Waals surface area (Å²) < 4.78 is 33.8. The van der Waals surface area contributed by atoms with E-state index in [-0.39, 0.29) is 40.2 Å². The molecule has 0 unspecified atom stereocenters. The number of phenols is 1. The van der Waals surface area contributed by atoms with Gasteiger partial charge in [-0.3, -0.25) is 0 Å². The molecule has 4 aromatic carbocycles. The number of fused-ring (bicyclic) bond motifs is 1. The summed E-state index contributed by atoms with van der Waals surface area (Å²) in [6.07, 6.45) is 0. The van der Waals surface area contributed by atoms with Crippen molar-refractivity contribution < 1.29 is 47.6 Å². The molecule has 0 aliphatic heterocycles. The van der Waals surface area contributed by atoms with Crippen molar-refractivity contribution in [2.24, 2.45) is 10.2 Å². The SMILES string of the molecule is O=S(=O)([O-])c1ccc2c(-c3ccc(/N=N/c4ccccc4)cc3)c(O)ccc2c1.[Na+]. The Kier molecular flexibility index (Phi) is 6.70. The van der Waals surface area contributed by atoms with Crippen molar-refractivity contribution in [2.75, 3.05) is 0 Å². The van der Waals surface area contributed by atoms with Gasteiger partial charge in [0.1, 0.15) is 15.9 Å². The molecule has 0 heterocycles. The summed E-state index contributed by atoms with van der Waals surface area (Å²) in [6.45, 7) is 0. The number of hydrogen-bond acceptors (Lipinski definition) is 6. The van der Waals surface area contributed by atoms with Crippen LogP contribution in [-0.4, -0.2) is 18.1 Å². The summed E-state index contributed by atoms with van der Waals surface area (Å²) >= 11 is 0. The average molecular weight is 426 g/mol. The van der Waals surface area contributed by atoms with Crippen LogP contribution in [0.15, 0.2) is 100 Å². The molecule has 6 nitrogen and oxygen atoms in total. The van der Waals surface area contributed by atoms with Crippen LogP contribution in [0.3, 0.4) is 0 Å². The molecule has 4 rings (SSSR count). The minimum absolute atomic E-state index is 0. The van der Waals surface area contributed by atoms with E-state index >= 15 is 0 Å². The maximum atomic E-state index is 11.3. The van der Waals surface area contributed by atoms with Crippen LogP contribution in [0.25, 0.3) is 21.9 Å². The summed E-state index contributed by atoms with van der Waals surface area (Å²) in [5.41, 5.74) is 2.66. The molecular weight excluding hydrogens is 411 g/mol. The number of phenolic OH excluding ortho intramolecular Hbond substituents is 1. The molecule has 8 heteroatoms. The van der Waals surface area contributed by atoms with Crippen LogP contribution in [0.4, 0.5) is 11.4 Å². The quantitative estimate of drug-likeness (QED) is 0.308. The predicted octanol–water partition coefficient (Wildman–Crippen LogP) is 2.54. The molecule has 0 bridgehead atoms. The third-order valence-electron chi connectivity index (χ3n) is 4.45. The Hall–Kier alpha value is -2.55. The van der Waals surface area contributed by atoms with Crippen molar-refractivity contribution in [2.45, 2.75) is 4.90 Å². The molecule has 4 aromatic rings. The molecule has 0 aliphatic carbocycles. The number of nitrogens with zero attached hydrogens (tertiary/aromatic N) is 2. The van der Waals surface area contributed by atoms with Crippen LogP contribution in [0.2, 0.25) is 0 Å². The molecule has 0 saturated heterocycles. The zero-order valence-electron chi connectivity index (χ0n) is 16.1. The number of azo groups is 1. The molecule has 0 saturated carbocycles. The second kappa shape index (κ2) is 9.07. The Labute approximate surface area is 196 Å². The van der Waals surface area contributed by atoms with Gasteiger partial charge in [0.25, 0.3) is 0 Å². The zero-order chi connectivity index (χ0) is 20.4. The van der Waals surface area contributed by atoms with Crippen molar-refractivity contribution >= 4 is 32.3 Å². The Bertz CT molecular complexity index is 1320. The minimum Gasteiger partial charge on any atom is -0.744 e. The second-order valence-electron chi connectivity index (χ2n) is 6.38. The van der Waals surface area contributed by atoms with Crippen molar-refractivity contribution in [3.8, 4) is 16.9 Å². The van der Waals surface area contributed by atoms with E-state index in [9.17, 15) is 18.1 Å². The van der Waals surface area contributed by atoms with Gasteiger partial charge in [-0.1, -0.05) is 42.5 Å². The van der Waals surface area contributed by atoms with Crippen molar-refractivity contribution in [1.82, 2.24) is 0 Å². The van der Waals surface area contributed by atoms with Gasteiger partial charge in [-0.2, -0.15) is 10.2 Å². The maximum Gasteiger partial charge on any atom is 1.00 e. The van der Waals surface area contributed by atoms with Crippen molar-refractivity contribution in [3.05, 3.63) is 84.9 Å². The fourth-order valence-corrected chi connectivity index (χ4v) is 3.57. The molecule has 0 amide bonds. The van der Waals surface area contributed by atoms with Gasteiger partial charge in [0.2, 0.25) is 0 Å². The van der Waals surface area contributed by atoms with E-state index in [0.717, 1.165) is 11.3 Å². The van der Waals surface area contributed by atoms with Crippen LogP contribution in [0.5, 0.6) is 5.75 Å². The Morgan fingerprint density at radius 2 is 1.40 bits per heavy atom. The van der Waals surface area contributed by atoms with Crippen LogP contribution < -0.4 is 29.6 Å². The van der Waals surface area contributed by atoms with Gasteiger partial charge in [-0.15, -0.1) is 0 Å². The van der Waals surface area contributed by atoms with E-state index in [1.54, 1.807) is 30.3 Å². The number of benzene rings is 4. The van der Waals surface area contributed by atoms with Gasteiger partial charge < -0.3 is 9.66 Å². The van der Waals surface area contributed by atoms with Gasteiger partial charge in [0.15, 0.2) is 0 Å². The molecule has 0 spiro atoms. The molecule has 144 valence electrons. The fourth-order valence-electron chi connectivity index (χ4n) is 3.06. The van der Waals surface area contributed by atoms with E-state index in [1.807, 2.05) is 30.3 Å². The summed E-state index contributed by atoms with van der Waals surface area (Å²) in [7, 11) is -4.55. The second-order valence-corrected chi connectivity index (χ2v) is 7.76. The molecule has 30 heavy (non-hydrogen) atoms. The molecule has 0 atom stereocenters. The summed E-state index contributed by atoms with van der Waals surface area (Å²) in [5, 5.41) is 19.9. The molecule has 0 radical (unpaired) electrons. The smallest absolute Gasteiger partial charge is 0.744 e. The third-order valence-corrected chi connectivity index (χ3v) is 5.28. The molecular formula is C22H15N2NaO4S. The van der Waals surface area contributed by atoms with Gasteiger partial charge in [0.05, 0.1) is 16.3 Å². The maximum absolute atomic E-state index is 11.3. The first-order chi connectivity index (χ1) is 13.9. The van der Waals surface area contributed by atoms with E-state index in [4.69, 9.17) is 0 Å². The van der Waals surface area contributed by atoms with Crippen LogP contribution >= 0.6 is 0 Å². The van der Waals surface area contributed by atoms with E-state index < -0.39 is 10.1 Å². The van der Waals surface area contributed by atoms with Crippen molar-refractivity contribution in [3.63, 3.8) is 0 Å². The Balaban J connectivity index is 0.00000256. The van der Waals surface area contributed by atoms with E-state index in [1.165, 1.54) is 24.3 Å². The fraction of sp³-hybridized carbons (Fsp3) is 0. The number of aromatic hydroxyl groups is 1. The van der Waals surface area contributed by atoms with Crippen LogP contribution in [-0.2, 0) is 10.1 Å². The summed E-state index contributed by atoms with van der Waals surface area (Å²) in [5.74, 6) is 0.0499. The first kappa shape index (κ1) is 22.1. The molecule has 0 aliphatic rings. The van der Waals surface area contributed by atoms with Gasteiger partial charge in [0, 0.05) is 5.56 Å². The first-order valence-corrected chi connectivity index (χ1v) is 10.1. The summed E-state index contributed by atoms with van der Waals surface area (Å²) in [6, 6.07) is 23.6. The van der Waals surface area contributed by atoms with Gasteiger partial charge in [-0.05, 0) is 58.8 Å². The van der Waals surface area contributed by atoms with Crippen LogP contribution in [0.1, 0.15) is 0 Å². The molecule has 1 N–H and O–H groups in total. The van der Waals surface area contributed by atoms with Gasteiger partial charge >= 0.3 is 29.6 Å². The van der Waals surface area contributed by atoms with Crippen molar-refractivity contribution in [1.29, 1.82) is 0 Å². The molecule has 0 fully saturated rings.